The minimum Gasteiger partial charge on any atom is -0.503 e. The first kappa shape index (κ1) is 22.0. The molecule has 166 valence electrons. The molecule has 1 saturated heterocycles. The quantitative estimate of drug-likeness (QED) is 0.648. The van der Waals surface area contributed by atoms with E-state index >= 15 is 0 Å². The highest BCUT2D eigenvalue weighted by Gasteiger charge is 2.42. The summed E-state index contributed by atoms with van der Waals surface area (Å²) in [7, 11) is 0. The van der Waals surface area contributed by atoms with Gasteiger partial charge in [-0.1, -0.05) is 66.7 Å². The Hall–Kier alpha value is -3.22. The van der Waals surface area contributed by atoms with Crippen molar-refractivity contribution < 1.29 is 19.4 Å². The van der Waals surface area contributed by atoms with Crippen molar-refractivity contribution in [2.24, 2.45) is 0 Å². The molecule has 1 N–H and O–H groups in total. The molecule has 6 heteroatoms. The zero-order valence-electron chi connectivity index (χ0n) is 18.0. The van der Waals surface area contributed by atoms with Gasteiger partial charge in [-0.3, -0.25) is 14.5 Å². The molecule has 0 saturated carbocycles. The second kappa shape index (κ2) is 10.4. The van der Waals surface area contributed by atoms with Crippen LogP contribution < -0.4 is 0 Å². The molecule has 0 bridgehead atoms. The van der Waals surface area contributed by atoms with Crippen LogP contribution in [0.25, 0.3) is 6.08 Å². The first-order chi connectivity index (χ1) is 15.6. The highest BCUT2D eigenvalue weighted by Crippen LogP contribution is 2.38. The lowest BCUT2D eigenvalue weighted by atomic mass is 9.95. The van der Waals surface area contributed by atoms with E-state index in [9.17, 15) is 14.7 Å². The van der Waals surface area contributed by atoms with Crippen LogP contribution in [0.1, 0.15) is 23.6 Å². The van der Waals surface area contributed by atoms with Gasteiger partial charge in [-0.15, -0.1) is 0 Å². The average molecular weight is 433 g/mol. The van der Waals surface area contributed by atoms with Crippen molar-refractivity contribution in [1.82, 2.24) is 9.80 Å². The molecule has 1 atom stereocenters. The Morgan fingerprint density at radius 3 is 2.34 bits per heavy atom. The minimum atomic E-state index is -0.596. The Bertz CT molecular complexity index is 995. The summed E-state index contributed by atoms with van der Waals surface area (Å²) in [5.74, 6) is -1.30. The van der Waals surface area contributed by atoms with Crippen molar-refractivity contribution in [1.29, 1.82) is 0 Å². The van der Waals surface area contributed by atoms with Gasteiger partial charge in [-0.2, -0.15) is 0 Å². The molecule has 0 aliphatic carbocycles. The maximum Gasteiger partial charge on any atom is 0.290 e. The van der Waals surface area contributed by atoms with Crippen LogP contribution >= 0.6 is 0 Å². The normalized spacial score (nSPS) is 19.8. The van der Waals surface area contributed by atoms with E-state index in [1.807, 2.05) is 60.7 Å². The number of aliphatic hydroxyl groups excluding tert-OH is 1. The Morgan fingerprint density at radius 2 is 1.66 bits per heavy atom. The van der Waals surface area contributed by atoms with Crippen LogP contribution in [0.4, 0.5) is 0 Å². The number of hydrogen-bond acceptors (Lipinski definition) is 5. The zero-order valence-corrected chi connectivity index (χ0v) is 18.0. The van der Waals surface area contributed by atoms with Crippen LogP contribution in [0, 0.1) is 0 Å². The maximum absolute atomic E-state index is 13.1. The van der Waals surface area contributed by atoms with Gasteiger partial charge in [0.25, 0.3) is 5.91 Å². The SMILES string of the molecule is O=C(/C=C\c1ccccc1)C1=C(O)C(=O)N(CCCN2CCOCC2)[C@H]1c1ccccc1. The van der Waals surface area contributed by atoms with Crippen molar-refractivity contribution >= 4 is 17.8 Å². The van der Waals surface area contributed by atoms with Crippen molar-refractivity contribution in [2.45, 2.75) is 12.5 Å². The largest absolute Gasteiger partial charge is 0.503 e. The molecule has 0 radical (unpaired) electrons. The number of allylic oxidation sites excluding steroid dienone is 1. The van der Waals surface area contributed by atoms with Gasteiger partial charge >= 0.3 is 0 Å². The molecule has 2 aliphatic heterocycles. The van der Waals surface area contributed by atoms with Crippen molar-refractivity contribution in [3.8, 4) is 0 Å². The van der Waals surface area contributed by atoms with E-state index in [0.29, 0.717) is 6.54 Å². The van der Waals surface area contributed by atoms with Gasteiger partial charge in [0.05, 0.1) is 24.8 Å². The molecule has 2 aromatic carbocycles. The predicted molar refractivity (Wildman–Crippen MR) is 123 cm³/mol. The van der Waals surface area contributed by atoms with Crippen molar-refractivity contribution in [2.75, 3.05) is 39.4 Å². The van der Waals surface area contributed by atoms with Gasteiger partial charge in [0.2, 0.25) is 0 Å². The van der Waals surface area contributed by atoms with Crippen LogP contribution in [0.2, 0.25) is 0 Å². The number of carbonyl (C=O) groups excluding carboxylic acids is 2. The van der Waals surface area contributed by atoms with E-state index in [4.69, 9.17) is 4.74 Å². The monoisotopic (exact) mass is 432 g/mol. The Balaban J connectivity index is 1.54. The average Bonchev–Trinajstić information content (AvgIpc) is 3.09. The molecule has 2 aromatic rings. The Kier molecular flexibility index (Phi) is 7.14. The molecule has 1 amide bonds. The summed E-state index contributed by atoms with van der Waals surface area (Å²) >= 11 is 0. The minimum absolute atomic E-state index is 0.139. The van der Waals surface area contributed by atoms with Crippen LogP contribution in [-0.4, -0.2) is 66.0 Å². The van der Waals surface area contributed by atoms with E-state index in [1.54, 1.807) is 11.0 Å². The summed E-state index contributed by atoms with van der Waals surface area (Å²) in [6.45, 7) is 4.51. The second-order valence-electron chi connectivity index (χ2n) is 7.99. The molecule has 32 heavy (non-hydrogen) atoms. The van der Waals surface area contributed by atoms with E-state index in [-0.39, 0.29) is 11.4 Å². The molecule has 2 heterocycles. The fourth-order valence-corrected chi connectivity index (χ4v) is 4.23. The number of amides is 1. The molecular weight excluding hydrogens is 404 g/mol. The topological polar surface area (TPSA) is 70.1 Å². The lowest BCUT2D eigenvalue weighted by Crippen LogP contribution is -2.39. The first-order valence-corrected chi connectivity index (χ1v) is 11.0. The molecule has 4 rings (SSSR count). The highest BCUT2D eigenvalue weighted by atomic mass is 16.5. The summed E-state index contributed by atoms with van der Waals surface area (Å²) in [5, 5.41) is 10.7. The summed E-state index contributed by atoms with van der Waals surface area (Å²) < 4.78 is 5.39. The highest BCUT2D eigenvalue weighted by molar-refractivity contribution is 6.14. The number of aliphatic hydroxyl groups is 1. The Labute approximate surface area is 188 Å². The van der Waals surface area contributed by atoms with E-state index in [0.717, 1.165) is 50.4 Å². The zero-order chi connectivity index (χ0) is 22.3. The van der Waals surface area contributed by atoms with Gasteiger partial charge in [0, 0.05) is 26.2 Å². The first-order valence-electron chi connectivity index (χ1n) is 11.0. The number of nitrogens with zero attached hydrogens (tertiary/aromatic N) is 2. The molecule has 0 unspecified atom stereocenters. The number of hydrogen-bond donors (Lipinski definition) is 1. The second-order valence-corrected chi connectivity index (χ2v) is 7.99. The standard InChI is InChI=1S/C26H28N2O4/c29-22(13-12-20-8-3-1-4-9-20)23-24(21-10-5-2-6-11-21)28(26(31)25(23)30)15-7-14-27-16-18-32-19-17-27/h1-6,8-13,24,30H,7,14-19H2/b13-12-/t24-/m0/s1. The molecule has 6 nitrogen and oxygen atoms in total. The van der Waals surface area contributed by atoms with Crippen LogP contribution in [0.15, 0.2) is 78.1 Å². The van der Waals surface area contributed by atoms with Gasteiger partial charge in [-0.05, 0) is 23.6 Å². The molecule has 0 spiro atoms. The summed E-state index contributed by atoms with van der Waals surface area (Å²) in [4.78, 5) is 30.0. The van der Waals surface area contributed by atoms with Crippen LogP contribution in [-0.2, 0) is 14.3 Å². The van der Waals surface area contributed by atoms with Crippen LogP contribution in [0.5, 0.6) is 0 Å². The van der Waals surface area contributed by atoms with E-state index in [2.05, 4.69) is 4.90 Å². The number of morpholine rings is 1. The Morgan fingerprint density at radius 1 is 1.00 bits per heavy atom. The summed E-state index contributed by atoms with van der Waals surface area (Å²) in [5.41, 5.74) is 1.83. The number of ether oxygens (including phenoxy) is 1. The third-order valence-electron chi connectivity index (χ3n) is 5.89. The molecular formula is C26H28N2O4. The summed E-state index contributed by atoms with van der Waals surface area (Å²) in [6.07, 6.45) is 3.89. The molecule has 0 aromatic heterocycles. The fraction of sp³-hybridized carbons (Fsp3) is 0.308. The predicted octanol–water partition coefficient (Wildman–Crippen LogP) is 3.39. The van der Waals surface area contributed by atoms with Crippen molar-refractivity contribution in [3.05, 3.63) is 89.2 Å². The number of benzene rings is 2. The van der Waals surface area contributed by atoms with Gasteiger partial charge in [-0.25, -0.2) is 0 Å². The molecule has 1 fully saturated rings. The van der Waals surface area contributed by atoms with Gasteiger partial charge in [0.15, 0.2) is 11.5 Å². The van der Waals surface area contributed by atoms with Gasteiger partial charge < -0.3 is 14.7 Å². The van der Waals surface area contributed by atoms with Crippen LogP contribution in [0.3, 0.4) is 0 Å². The fourth-order valence-electron chi connectivity index (χ4n) is 4.23. The number of ketones is 1. The smallest absolute Gasteiger partial charge is 0.290 e. The molecule has 2 aliphatic rings. The van der Waals surface area contributed by atoms with E-state index in [1.165, 1.54) is 6.08 Å². The maximum atomic E-state index is 13.1. The lowest BCUT2D eigenvalue weighted by molar-refractivity contribution is -0.129. The summed E-state index contributed by atoms with van der Waals surface area (Å²) in [6, 6.07) is 18.3. The lowest BCUT2D eigenvalue weighted by Gasteiger charge is -2.29. The number of rotatable bonds is 8. The third-order valence-corrected chi connectivity index (χ3v) is 5.89. The van der Waals surface area contributed by atoms with E-state index < -0.39 is 17.7 Å². The van der Waals surface area contributed by atoms with Crippen molar-refractivity contribution in [3.63, 3.8) is 0 Å². The van der Waals surface area contributed by atoms with Gasteiger partial charge in [0.1, 0.15) is 0 Å². The number of carbonyl (C=O) groups is 2. The third kappa shape index (κ3) is 4.98.